The molecule has 0 aliphatic carbocycles. The first-order chi connectivity index (χ1) is 18.3. The molecule has 0 bridgehead atoms. The normalized spacial score (nSPS) is 11.7. The van der Waals surface area contributed by atoms with Crippen LogP contribution in [-0.2, 0) is 26.7 Å². The molecule has 0 aromatic heterocycles. The van der Waals surface area contributed by atoms with E-state index in [-0.39, 0.29) is 21.3 Å². The highest BCUT2D eigenvalue weighted by atomic mass is 32.2. The summed E-state index contributed by atoms with van der Waals surface area (Å²) in [6.45, 7) is 0. The van der Waals surface area contributed by atoms with Gasteiger partial charge in [-0.3, -0.25) is 9.11 Å². The standard InChI is InChI=1S/C17H14O4S.C11H11NO4S/c18-17-11-15(22(19,20)21)10-14-7-6-13(9-16(14)17)8-12-4-2-1-3-5-12;1-12-8-2-3-10-7(4-8)5-9(6-11(10)13)17(14,15)16/h1-7,9-11,18H,8H2,(H,19,20,21);2-6,12-13H,1H3,(H,14,15,16). The molecule has 5 aromatic carbocycles. The van der Waals surface area contributed by atoms with Crippen molar-refractivity contribution in [2.24, 2.45) is 0 Å². The lowest BCUT2D eigenvalue weighted by atomic mass is 10.0. The predicted molar refractivity (Wildman–Crippen MR) is 150 cm³/mol. The Hall–Kier alpha value is -4.16. The van der Waals surface area contributed by atoms with Crippen molar-refractivity contribution in [3.8, 4) is 11.5 Å². The summed E-state index contributed by atoms with van der Waals surface area (Å²) in [7, 11) is -6.92. The molecule has 0 saturated heterocycles. The van der Waals surface area contributed by atoms with Crippen LogP contribution in [0, 0.1) is 0 Å². The van der Waals surface area contributed by atoms with Crippen LogP contribution in [0.25, 0.3) is 21.5 Å². The highest BCUT2D eigenvalue weighted by Crippen LogP contribution is 2.31. The summed E-state index contributed by atoms with van der Waals surface area (Å²) in [6, 6.07) is 25.2. The number of nitrogens with one attached hydrogen (secondary N) is 1. The Morgan fingerprint density at radius 1 is 0.615 bits per heavy atom. The summed E-state index contributed by atoms with van der Waals surface area (Å²) in [5, 5.41) is 24.8. The van der Waals surface area contributed by atoms with Crippen LogP contribution in [0.3, 0.4) is 0 Å². The minimum absolute atomic E-state index is 0.167. The Morgan fingerprint density at radius 3 is 1.79 bits per heavy atom. The lowest BCUT2D eigenvalue weighted by Crippen LogP contribution is -1.98. The molecule has 11 heteroatoms. The fourth-order valence-electron chi connectivity index (χ4n) is 4.08. The van der Waals surface area contributed by atoms with Crippen molar-refractivity contribution in [1.82, 2.24) is 0 Å². The van der Waals surface area contributed by atoms with Gasteiger partial charge in [-0.1, -0.05) is 42.5 Å². The number of phenolic OH excluding ortho intramolecular Hbond substituents is 2. The fraction of sp³-hybridized carbons (Fsp3) is 0.0714. The summed E-state index contributed by atoms with van der Waals surface area (Å²) >= 11 is 0. The van der Waals surface area contributed by atoms with Gasteiger partial charge in [0.2, 0.25) is 0 Å². The number of hydrogen-bond acceptors (Lipinski definition) is 7. The predicted octanol–water partition coefficient (Wildman–Crippen LogP) is 5.22. The van der Waals surface area contributed by atoms with Crippen molar-refractivity contribution in [3.05, 3.63) is 102 Å². The molecule has 9 nitrogen and oxygen atoms in total. The van der Waals surface area contributed by atoms with Crippen molar-refractivity contribution in [2.45, 2.75) is 16.2 Å². The molecule has 39 heavy (non-hydrogen) atoms. The molecule has 5 aromatic rings. The van der Waals surface area contributed by atoms with Gasteiger partial charge < -0.3 is 15.5 Å². The van der Waals surface area contributed by atoms with Crippen LogP contribution in [0.4, 0.5) is 5.69 Å². The number of fused-ring (bicyclic) bond motifs is 2. The van der Waals surface area contributed by atoms with Crippen molar-refractivity contribution in [1.29, 1.82) is 0 Å². The molecular weight excluding hydrogens is 542 g/mol. The maximum Gasteiger partial charge on any atom is 0.294 e. The quantitative estimate of drug-likeness (QED) is 0.179. The fourth-order valence-corrected chi connectivity index (χ4v) is 5.15. The van der Waals surface area contributed by atoms with Crippen molar-refractivity contribution < 1.29 is 36.2 Å². The van der Waals surface area contributed by atoms with Gasteiger partial charge in [0.05, 0.1) is 9.79 Å². The lowest BCUT2D eigenvalue weighted by Gasteiger charge is -2.07. The largest absolute Gasteiger partial charge is 0.507 e. The Labute approximate surface area is 225 Å². The minimum atomic E-state index is -4.34. The first-order valence-electron chi connectivity index (χ1n) is 11.5. The van der Waals surface area contributed by atoms with E-state index in [1.165, 1.54) is 12.1 Å². The molecule has 0 unspecified atom stereocenters. The van der Waals surface area contributed by atoms with E-state index in [0.717, 1.165) is 35.4 Å². The molecule has 5 N–H and O–H groups in total. The lowest BCUT2D eigenvalue weighted by molar-refractivity contribution is 0.470. The van der Waals surface area contributed by atoms with Gasteiger partial charge in [-0.15, -0.1) is 0 Å². The van der Waals surface area contributed by atoms with E-state index in [2.05, 4.69) is 5.32 Å². The Balaban J connectivity index is 0.000000187. The smallest absolute Gasteiger partial charge is 0.294 e. The SMILES string of the molecule is CNc1ccc2c(O)cc(S(=O)(=O)O)cc2c1.O=S(=O)(O)c1cc(O)c2cc(Cc3ccccc3)ccc2c1. The van der Waals surface area contributed by atoms with E-state index in [9.17, 15) is 27.0 Å². The van der Waals surface area contributed by atoms with Crippen LogP contribution in [0.1, 0.15) is 11.1 Å². The van der Waals surface area contributed by atoms with Gasteiger partial charge in [-0.2, -0.15) is 16.8 Å². The van der Waals surface area contributed by atoms with Crippen molar-refractivity contribution in [2.75, 3.05) is 12.4 Å². The zero-order valence-electron chi connectivity index (χ0n) is 20.6. The molecular formula is C28H25NO8S2. The minimum Gasteiger partial charge on any atom is -0.507 e. The Bertz CT molecular complexity index is 1890. The second-order valence-electron chi connectivity index (χ2n) is 8.74. The van der Waals surface area contributed by atoms with E-state index < -0.39 is 20.2 Å². The van der Waals surface area contributed by atoms with Gasteiger partial charge in [0, 0.05) is 35.6 Å². The van der Waals surface area contributed by atoms with E-state index >= 15 is 0 Å². The third kappa shape index (κ3) is 6.65. The molecule has 0 spiro atoms. The maximum absolute atomic E-state index is 11.2. The maximum atomic E-state index is 11.2. The molecule has 202 valence electrons. The molecule has 0 saturated carbocycles. The third-order valence-electron chi connectivity index (χ3n) is 6.01. The zero-order valence-corrected chi connectivity index (χ0v) is 22.2. The Morgan fingerprint density at radius 2 is 1.21 bits per heavy atom. The van der Waals surface area contributed by atoms with Crippen LogP contribution in [0.5, 0.6) is 11.5 Å². The van der Waals surface area contributed by atoms with Crippen LogP contribution in [0.2, 0.25) is 0 Å². The summed E-state index contributed by atoms with van der Waals surface area (Å²) in [4.78, 5) is -0.635. The highest BCUT2D eigenvalue weighted by Gasteiger charge is 2.14. The summed E-state index contributed by atoms with van der Waals surface area (Å²) in [5.41, 5.74) is 2.94. The number of aromatic hydroxyl groups is 2. The van der Waals surface area contributed by atoms with Gasteiger partial charge in [0.1, 0.15) is 11.5 Å². The first-order valence-corrected chi connectivity index (χ1v) is 14.4. The van der Waals surface area contributed by atoms with Gasteiger partial charge in [0.25, 0.3) is 20.2 Å². The molecule has 0 fully saturated rings. The van der Waals surface area contributed by atoms with Gasteiger partial charge >= 0.3 is 0 Å². The average molecular weight is 568 g/mol. The zero-order chi connectivity index (χ0) is 28.4. The van der Waals surface area contributed by atoms with Crippen LogP contribution >= 0.6 is 0 Å². The van der Waals surface area contributed by atoms with Crippen LogP contribution in [0.15, 0.2) is 101 Å². The Kier molecular flexibility index (Phi) is 7.79. The monoisotopic (exact) mass is 567 g/mol. The summed E-state index contributed by atoms with van der Waals surface area (Å²) in [6.07, 6.45) is 0.719. The van der Waals surface area contributed by atoms with E-state index in [4.69, 9.17) is 9.11 Å². The number of rotatable bonds is 5. The molecule has 5 rings (SSSR count). The molecule has 0 amide bonds. The number of phenols is 2. The van der Waals surface area contributed by atoms with Gasteiger partial charge in [0.15, 0.2) is 0 Å². The summed E-state index contributed by atoms with van der Waals surface area (Å²) in [5.74, 6) is -0.349. The number of anilines is 1. The topological polar surface area (TPSA) is 161 Å². The van der Waals surface area contributed by atoms with Crippen LogP contribution < -0.4 is 5.32 Å². The van der Waals surface area contributed by atoms with Gasteiger partial charge in [-0.25, -0.2) is 0 Å². The van der Waals surface area contributed by atoms with Crippen molar-refractivity contribution >= 4 is 47.5 Å². The molecule has 0 aliphatic heterocycles. The van der Waals surface area contributed by atoms with Gasteiger partial charge in [-0.05, 0) is 64.7 Å². The summed E-state index contributed by atoms with van der Waals surface area (Å²) < 4.78 is 62.4. The first kappa shape index (κ1) is 27.9. The third-order valence-corrected chi connectivity index (χ3v) is 7.67. The number of hydrogen-bond donors (Lipinski definition) is 5. The second-order valence-corrected chi connectivity index (χ2v) is 11.6. The molecule has 0 atom stereocenters. The van der Waals surface area contributed by atoms with Crippen LogP contribution in [-0.4, -0.2) is 43.2 Å². The second kappa shape index (κ2) is 10.9. The molecule has 0 heterocycles. The van der Waals surface area contributed by atoms with E-state index in [0.29, 0.717) is 21.5 Å². The van der Waals surface area contributed by atoms with E-state index in [1.807, 2.05) is 42.5 Å². The van der Waals surface area contributed by atoms with E-state index in [1.54, 1.807) is 31.3 Å². The van der Waals surface area contributed by atoms with Crippen molar-refractivity contribution in [3.63, 3.8) is 0 Å². The molecule has 0 aliphatic rings. The average Bonchev–Trinajstić information content (AvgIpc) is 2.88. The number of benzene rings is 5. The molecule has 0 radical (unpaired) electrons. The highest BCUT2D eigenvalue weighted by molar-refractivity contribution is 7.86.